The Morgan fingerprint density at radius 1 is 1.11 bits per heavy atom. The molecule has 0 aliphatic carbocycles. The standard InChI is InChI=1S/C18H14ClN3O5/c1-21-17(23)15(10-3-6-12(7-4-10)22(25)26)16(18(21)24)20-11-5-8-14(27-2)13(19)9-11/h3-9,20H,1-2H3. The van der Waals surface area contributed by atoms with E-state index in [1.807, 2.05) is 0 Å². The molecule has 0 saturated carbocycles. The maximum absolute atomic E-state index is 12.5. The lowest BCUT2D eigenvalue weighted by atomic mass is 10.0. The number of imide groups is 1. The Kier molecular flexibility index (Phi) is 4.83. The van der Waals surface area contributed by atoms with Crippen molar-refractivity contribution in [2.45, 2.75) is 0 Å². The predicted octanol–water partition coefficient (Wildman–Crippen LogP) is 3.08. The highest BCUT2D eigenvalue weighted by Gasteiger charge is 2.37. The largest absolute Gasteiger partial charge is 0.495 e. The lowest BCUT2D eigenvalue weighted by molar-refractivity contribution is -0.384. The first-order valence-electron chi connectivity index (χ1n) is 7.75. The summed E-state index contributed by atoms with van der Waals surface area (Å²) in [6, 6.07) is 10.3. The molecule has 2 aromatic carbocycles. The second-order valence-electron chi connectivity index (χ2n) is 5.70. The van der Waals surface area contributed by atoms with Crippen molar-refractivity contribution >= 4 is 40.4 Å². The van der Waals surface area contributed by atoms with Gasteiger partial charge in [-0.1, -0.05) is 11.6 Å². The summed E-state index contributed by atoms with van der Waals surface area (Å²) in [5.74, 6) is -0.547. The van der Waals surface area contributed by atoms with Gasteiger partial charge in [-0.05, 0) is 35.9 Å². The molecule has 138 valence electrons. The molecule has 9 heteroatoms. The predicted molar refractivity (Wildman–Crippen MR) is 99.4 cm³/mol. The minimum atomic E-state index is -0.537. The van der Waals surface area contributed by atoms with Gasteiger partial charge in [-0.15, -0.1) is 0 Å². The highest BCUT2D eigenvalue weighted by molar-refractivity contribution is 6.36. The van der Waals surface area contributed by atoms with E-state index in [2.05, 4.69) is 5.32 Å². The number of nitrogens with one attached hydrogen (secondary N) is 1. The van der Waals surface area contributed by atoms with Crippen LogP contribution in [0.1, 0.15) is 5.56 Å². The van der Waals surface area contributed by atoms with Crippen LogP contribution < -0.4 is 10.1 Å². The number of amides is 2. The fourth-order valence-electron chi connectivity index (χ4n) is 2.66. The molecular weight excluding hydrogens is 374 g/mol. The van der Waals surface area contributed by atoms with Gasteiger partial charge in [0.15, 0.2) is 0 Å². The van der Waals surface area contributed by atoms with E-state index in [4.69, 9.17) is 16.3 Å². The van der Waals surface area contributed by atoms with Crippen molar-refractivity contribution in [3.63, 3.8) is 0 Å². The summed E-state index contributed by atoms with van der Waals surface area (Å²) < 4.78 is 5.09. The Labute approximate surface area is 159 Å². The van der Waals surface area contributed by atoms with E-state index < -0.39 is 16.7 Å². The highest BCUT2D eigenvalue weighted by Crippen LogP contribution is 2.33. The Balaban J connectivity index is 2.04. The van der Waals surface area contributed by atoms with Crippen LogP contribution in [0.3, 0.4) is 0 Å². The third-order valence-corrected chi connectivity index (χ3v) is 4.37. The van der Waals surface area contributed by atoms with E-state index in [0.29, 0.717) is 22.0 Å². The smallest absolute Gasteiger partial charge is 0.277 e. The Morgan fingerprint density at radius 2 is 1.78 bits per heavy atom. The molecule has 1 heterocycles. The van der Waals surface area contributed by atoms with Gasteiger partial charge in [0.25, 0.3) is 17.5 Å². The molecule has 1 aliphatic heterocycles. The zero-order chi connectivity index (χ0) is 19.7. The maximum Gasteiger partial charge on any atom is 0.277 e. The van der Waals surface area contributed by atoms with E-state index in [9.17, 15) is 19.7 Å². The summed E-state index contributed by atoms with van der Waals surface area (Å²) in [5, 5.41) is 14.1. The molecule has 0 aromatic heterocycles. The van der Waals surface area contributed by atoms with Crippen LogP contribution in [0.15, 0.2) is 48.2 Å². The van der Waals surface area contributed by atoms with E-state index in [1.165, 1.54) is 38.4 Å². The zero-order valence-corrected chi connectivity index (χ0v) is 15.1. The molecule has 27 heavy (non-hydrogen) atoms. The van der Waals surface area contributed by atoms with Gasteiger partial charge in [0.2, 0.25) is 0 Å². The third-order valence-electron chi connectivity index (χ3n) is 4.07. The van der Waals surface area contributed by atoms with Crippen molar-refractivity contribution in [2.24, 2.45) is 0 Å². The van der Waals surface area contributed by atoms with Crippen LogP contribution >= 0.6 is 11.6 Å². The van der Waals surface area contributed by atoms with E-state index >= 15 is 0 Å². The first-order chi connectivity index (χ1) is 12.8. The average Bonchev–Trinajstić information content (AvgIpc) is 2.86. The minimum Gasteiger partial charge on any atom is -0.495 e. The molecule has 3 rings (SSSR count). The fourth-order valence-corrected chi connectivity index (χ4v) is 2.92. The molecule has 0 fully saturated rings. The third kappa shape index (κ3) is 3.34. The molecule has 8 nitrogen and oxygen atoms in total. The van der Waals surface area contributed by atoms with E-state index in [1.54, 1.807) is 18.2 Å². The van der Waals surface area contributed by atoms with Crippen molar-refractivity contribution in [3.8, 4) is 5.75 Å². The lowest BCUT2D eigenvalue weighted by Gasteiger charge is -2.10. The van der Waals surface area contributed by atoms with Gasteiger partial charge in [-0.25, -0.2) is 0 Å². The second kappa shape index (κ2) is 7.08. The number of rotatable bonds is 5. The molecule has 0 unspecified atom stereocenters. The molecule has 0 atom stereocenters. The van der Waals surface area contributed by atoms with Gasteiger partial charge in [-0.2, -0.15) is 0 Å². The van der Waals surface area contributed by atoms with Crippen LogP contribution in [0, 0.1) is 10.1 Å². The molecule has 2 amide bonds. The molecule has 2 aromatic rings. The van der Waals surface area contributed by atoms with Crippen molar-refractivity contribution in [1.29, 1.82) is 0 Å². The lowest BCUT2D eigenvalue weighted by Crippen LogP contribution is -2.27. The maximum atomic E-state index is 12.5. The second-order valence-corrected chi connectivity index (χ2v) is 6.10. The van der Waals surface area contributed by atoms with Gasteiger partial charge in [0.05, 0.1) is 22.6 Å². The van der Waals surface area contributed by atoms with E-state index in [-0.39, 0.29) is 17.0 Å². The summed E-state index contributed by atoms with van der Waals surface area (Å²) in [7, 11) is 2.85. The van der Waals surface area contributed by atoms with Crippen LogP contribution in [0.5, 0.6) is 5.75 Å². The molecule has 1 aliphatic rings. The normalized spacial score (nSPS) is 14.0. The SMILES string of the molecule is COc1ccc(NC2=C(c3ccc([N+](=O)[O-])cc3)C(=O)N(C)C2=O)cc1Cl. The number of carbonyl (C=O) groups is 2. The Hall–Kier alpha value is -3.39. The van der Waals surface area contributed by atoms with Gasteiger partial charge in [0.1, 0.15) is 11.4 Å². The van der Waals surface area contributed by atoms with Crippen LogP contribution in [0.2, 0.25) is 5.02 Å². The number of nitro benzene ring substituents is 1. The summed E-state index contributed by atoms with van der Waals surface area (Å²) in [6.45, 7) is 0. The first kappa shape index (κ1) is 18.4. The molecule has 0 saturated heterocycles. The number of halogens is 1. The summed E-state index contributed by atoms with van der Waals surface area (Å²) in [6.07, 6.45) is 0. The van der Waals surface area contributed by atoms with Crippen molar-refractivity contribution in [2.75, 3.05) is 19.5 Å². The van der Waals surface area contributed by atoms with E-state index in [0.717, 1.165) is 4.90 Å². The first-order valence-corrected chi connectivity index (χ1v) is 8.13. The monoisotopic (exact) mass is 387 g/mol. The quantitative estimate of drug-likeness (QED) is 0.480. The summed E-state index contributed by atoms with van der Waals surface area (Å²) >= 11 is 6.10. The number of ether oxygens (including phenoxy) is 1. The van der Waals surface area contributed by atoms with Crippen LogP contribution in [0.4, 0.5) is 11.4 Å². The number of carbonyl (C=O) groups excluding carboxylic acids is 2. The number of nitrogens with zero attached hydrogens (tertiary/aromatic N) is 2. The van der Waals surface area contributed by atoms with Gasteiger partial charge >= 0.3 is 0 Å². The number of non-ortho nitro benzene ring substituents is 1. The topological polar surface area (TPSA) is 102 Å². The molecule has 1 N–H and O–H groups in total. The molecule has 0 radical (unpaired) electrons. The Morgan fingerprint density at radius 3 is 2.33 bits per heavy atom. The number of anilines is 1. The van der Waals surface area contributed by atoms with Gasteiger partial charge < -0.3 is 10.1 Å². The number of likely N-dealkylation sites (N-methyl/N-ethyl adjacent to an activating group) is 1. The zero-order valence-electron chi connectivity index (χ0n) is 14.4. The van der Waals surface area contributed by atoms with Crippen LogP contribution in [0.25, 0.3) is 5.57 Å². The number of benzene rings is 2. The number of methoxy groups -OCH3 is 1. The van der Waals surface area contributed by atoms with Crippen molar-refractivity contribution in [3.05, 3.63) is 68.9 Å². The average molecular weight is 388 g/mol. The van der Waals surface area contributed by atoms with Crippen molar-refractivity contribution < 1.29 is 19.2 Å². The Bertz CT molecular complexity index is 985. The molecule has 0 spiro atoms. The summed E-state index contributed by atoms with van der Waals surface area (Å²) in [4.78, 5) is 36.3. The highest BCUT2D eigenvalue weighted by atomic mass is 35.5. The number of nitro groups is 1. The number of hydrogen-bond acceptors (Lipinski definition) is 6. The minimum absolute atomic E-state index is 0.0672. The summed E-state index contributed by atoms with van der Waals surface area (Å²) in [5.41, 5.74) is 0.972. The van der Waals surface area contributed by atoms with Crippen LogP contribution in [-0.4, -0.2) is 35.8 Å². The van der Waals surface area contributed by atoms with Gasteiger partial charge in [0, 0.05) is 24.9 Å². The van der Waals surface area contributed by atoms with Crippen LogP contribution in [-0.2, 0) is 9.59 Å². The number of hydrogen-bond donors (Lipinski definition) is 1. The fraction of sp³-hybridized carbons (Fsp3) is 0.111. The molecular formula is C18H14ClN3O5. The van der Waals surface area contributed by atoms with Gasteiger partial charge in [-0.3, -0.25) is 24.6 Å². The molecule has 0 bridgehead atoms. The van der Waals surface area contributed by atoms with Crippen molar-refractivity contribution in [1.82, 2.24) is 4.90 Å².